The number of rotatable bonds is 7. The summed E-state index contributed by atoms with van der Waals surface area (Å²) in [6, 6.07) is 0. The second-order valence-corrected chi connectivity index (χ2v) is 3.70. The minimum absolute atomic E-state index is 0.135. The van der Waals surface area contributed by atoms with E-state index in [9.17, 15) is 14.2 Å². The minimum Gasteiger partial charge on any atom is -0.310 e. The molecule has 0 spiro atoms. The quantitative estimate of drug-likeness (QED) is 0.224. The van der Waals surface area contributed by atoms with Crippen molar-refractivity contribution in [2.75, 3.05) is 12.0 Å². The van der Waals surface area contributed by atoms with E-state index in [4.69, 9.17) is 5.73 Å². The van der Waals surface area contributed by atoms with Crippen LogP contribution in [0.25, 0.3) is 0 Å². The Hall–Kier alpha value is -0.490. The minimum atomic E-state index is -1.73. The second kappa shape index (κ2) is 6.89. The lowest BCUT2D eigenvalue weighted by Gasteiger charge is -2.17. The van der Waals surface area contributed by atoms with Crippen LogP contribution in [-0.4, -0.2) is 29.8 Å². The van der Waals surface area contributed by atoms with Gasteiger partial charge >= 0.3 is 14.7 Å². The molecule has 1 atom stereocenters. The first kappa shape index (κ1) is 13.5. The van der Waals surface area contributed by atoms with E-state index in [0.717, 1.165) is 0 Å². The molecule has 0 amide bonds. The molecule has 0 fully saturated rings. The van der Waals surface area contributed by atoms with Crippen molar-refractivity contribution >= 4 is 32.7 Å². The zero-order valence-corrected chi connectivity index (χ0v) is 9.18. The molecule has 80 valence electrons. The lowest BCUT2D eigenvalue weighted by atomic mass is 10.0. The van der Waals surface area contributed by atoms with Gasteiger partial charge in [-0.1, -0.05) is 4.67 Å². The third-order valence-corrected chi connectivity index (χ3v) is 2.20. The number of hydrogen-bond donors (Lipinski definition) is 1. The summed E-state index contributed by atoms with van der Waals surface area (Å²) < 4.78 is 13.6. The SMILES string of the molecule is CSCCC(N)(C=O)C(=O)OOP=O. The molecule has 0 aliphatic heterocycles. The topological polar surface area (TPSA) is 95.7 Å². The van der Waals surface area contributed by atoms with E-state index in [0.29, 0.717) is 5.75 Å². The van der Waals surface area contributed by atoms with Gasteiger partial charge in [0, 0.05) is 0 Å². The van der Waals surface area contributed by atoms with Crippen molar-refractivity contribution in [2.24, 2.45) is 5.73 Å². The van der Waals surface area contributed by atoms with Gasteiger partial charge in [-0.15, -0.1) is 0 Å². The van der Waals surface area contributed by atoms with Gasteiger partial charge in [-0.25, -0.2) is 9.36 Å². The van der Waals surface area contributed by atoms with Crippen LogP contribution in [0.2, 0.25) is 0 Å². The summed E-state index contributed by atoms with van der Waals surface area (Å²) in [5.74, 6) is -0.524. The van der Waals surface area contributed by atoms with Crippen molar-refractivity contribution in [3.8, 4) is 0 Å². The largest absolute Gasteiger partial charge is 0.372 e. The predicted octanol–water partition coefficient (Wildman–Crippen LogP) is 0.317. The normalized spacial score (nSPS) is 14.7. The van der Waals surface area contributed by atoms with Crippen molar-refractivity contribution in [1.29, 1.82) is 0 Å². The highest BCUT2D eigenvalue weighted by atomic mass is 32.2. The molecule has 0 saturated heterocycles. The molecule has 0 heterocycles. The Morgan fingerprint density at radius 2 is 2.36 bits per heavy atom. The maximum Gasteiger partial charge on any atom is 0.372 e. The van der Waals surface area contributed by atoms with Gasteiger partial charge in [-0.2, -0.15) is 11.8 Å². The zero-order valence-electron chi connectivity index (χ0n) is 7.47. The summed E-state index contributed by atoms with van der Waals surface area (Å²) in [4.78, 5) is 25.7. The van der Waals surface area contributed by atoms with Gasteiger partial charge in [0.05, 0.1) is 0 Å². The number of thioether (sulfide) groups is 1. The highest BCUT2D eigenvalue weighted by Crippen LogP contribution is 2.11. The van der Waals surface area contributed by atoms with Gasteiger partial charge in [0.1, 0.15) is 0 Å². The molecule has 8 heteroatoms. The fourth-order valence-electron chi connectivity index (χ4n) is 0.607. The molecule has 0 aromatic carbocycles. The average molecular weight is 239 g/mol. The smallest absolute Gasteiger partial charge is 0.310 e. The molecular formula is C6H10NO5PS. The first-order valence-electron chi connectivity index (χ1n) is 3.55. The summed E-state index contributed by atoms with van der Waals surface area (Å²) in [7, 11) is -0.813. The van der Waals surface area contributed by atoms with E-state index in [-0.39, 0.29) is 12.7 Å². The van der Waals surface area contributed by atoms with Gasteiger partial charge in [0.15, 0.2) is 11.8 Å². The molecule has 0 saturated carbocycles. The van der Waals surface area contributed by atoms with Crippen LogP contribution in [0.5, 0.6) is 0 Å². The number of carbonyl (C=O) groups is 2. The third kappa shape index (κ3) is 4.15. The Labute approximate surface area is 86.7 Å². The molecule has 0 aliphatic carbocycles. The summed E-state index contributed by atoms with van der Waals surface area (Å²) in [5.41, 5.74) is 3.70. The van der Waals surface area contributed by atoms with Crippen LogP contribution in [0.1, 0.15) is 6.42 Å². The van der Waals surface area contributed by atoms with E-state index in [2.05, 4.69) is 9.56 Å². The maximum atomic E-state index is 11.1. The summed E-state index contributed by atoms with van der Waals surface area (Å²) in [6.07, 6.45) is 2.23. The predicted molar refractivity (Wildman–Crippen MR) is 50.8 cm³/mol. The molecular weight excluding hydrogens is 229 g/mol. The Bertz CT molecular complexity index is 226. The molecule has 2 N–H and O–H groups in total. The highest BCUT2D eigenvalue weighted by molar-refractivity contribution is 7.98. The standard InChI is InChI=1S/C6H10NO5PS/c1-14-3-2-6(7,4-8)5(9)11-12-13-10/h4H,2-3,7H2,1H3. The van der Waals surface area contributed by atoms with E-state index in [1.807, 2.05) is 6.26 Å². The van der Waals surface area contributed by atoms with Crippen molar-refractivity contribution in [1.82, 2.24) is 0 Å². The average Bonchev–Trinajstić information content (AvgIpc) is 2.22. The zero-order chi connectivity index (χ0) is 11.0. The van der Waals surface area contributed by atoms with Crippen LogP contribution in [0.15, 0.2) is 0 Å². The van der Waals surface area contributed by atoms with Gasteiger partial charge in [0.2, 0.25) is 0 Å². The van der Waals surface area contributed by atoms with Crippen LogP contribution >= 0.6 is 20.4 Å². The Morgan fingerprint density at radius 1 is 1.71 bits per heavy atom. The lowest BCUT2D eigenvalue weighted by molar-refractivity contribution is -0.214. The van der Waals surface area contributed by atoms with E-state index >= 15 is 0 Å². The fourth-order valence-corrected chi connectivity index (χ4v) is 1.25. The third-order valence-electron chi connectivity index (χ3n) is 1.45. The molecule has 0 aromatic rings. The van der Waals surface area contributed by atoms with Gasteiger partial charge < -0.3 is 10.5 Å². The molecule has 0 aliphatic rings. The summed E-state index contributed by atoms with van der Waals surface area (Å²) in [5, 5.41) is 0. The molecule has 1 unspecified atom stereocenters. The van der Waals surface area contributed by atoms with Crippen molar-refractivity contribution in [3.63, 3.8) is 0 Å². The first-order valence-corrected chi connectivity index (χ1v) is 5.68. The van der Waals surface area contributed by atoms with Crippen molar-refractivity contribution in [3.05, 3.63) is 0 Å². The van der Waals surface area contributed by atoms with E-state index < -0.39 is 20.2 Å². The van der Waals surface area contributed by atoms with Gasteiger partial charge in [0.25, 0.3) is 0 Å². The Kier molecular flexibility index (Phi) is 6.65. The molecule has 0 rings (SSSR count). The summed E-state index contributed by atoms with van der Waals surface area (Å²) >= 11 is 1.43. The molecule has 0 bridgehead atoms. The fraction of sp³-hybridized carbons (Fsp3) is 0.667. The van der Waals surface area contributed by atoms with E-state index in [1.54, 1.807) is 0 Å². The van der Waals surface area contributed by atoms with Crippen LogP contribution in [-0.2, 0) is 23.7 Å². The van der Waals surface area contributed by atoms with Crippen LogP contribution in [0, 0.1) is 0 Å². The van der Waals surface area contributed by atoms with Crippen LogP contribution in [0.3, 0.4) is 0 Å². The van der Waals surface area contributed by atoms with Crippen molar-refractivity contribution in [2.45, 2.75) is 12.0 Å². The summed E-state index contributed by atoms with van der Waals surface area (Å²) in [6.45, 7) is 0. The number of hydrogen-bond acceptors (Lipinski definition) is 7. The van der Waals surface area contributed by atoms with Crippen LogP contribution in [0.4, 0.5) is 0 Å². The first-order chi connectivity index (χ1) is 6.60. The number of aldehydes is 1. The second-order valence-electron chi connectivity index (χ2n) is 2.42. The molecule has 6 nitrogen and oxygen atoms in total. The van der Waals surface area contributed by atoms with Crippen LogP contribution < -0.4 is 5.73 Å². The van der Waals surface area contributed by atoms with Gasteiger partial charge in [-0.05, 0) is 18.4 Å². The molecule has 0 radical (unpaired) electrons. The van der Waals surface area contributed by atoms with Crippen molar-refractivity contribution < 1.29 is 23.7 Å². The maximum absolute atomic E-state index is 11.1. The Balaban J connectivity index is 4.26. The molecule has 0 aromatic heterocycles. The highest BCUT2D eigenvalue weighted by Gasteiger charge is 2.36. The number of carbonyl (C=O) groups excluding carboxylic acids is 2. The van der Waals surface area contributed by atoms with E-state index in [1.165, 1.54) is 11.8 Å². The molecule has 14 heavy (non-hydrogen) atoms. The number of nitrogens with two attached hydrogens (primary N) is 1. The lowest BCUT2D eigenvalue weighted by Crippen LogP contribution is -2.50. The monoisotopic (exact) mass is 239 g/mol. The Morgan fingerprint density at radius 3 is 2.79 bits per heavy atom. The van der Waals surface area contributed by atoms with Gasteiger partial charge in [-0.3, -0.25) is 4.89 Å².